The van der Waals surface area contributed by atoms with Crippen LogP contribution in [-0.2, 0) is 4.79 Å². The monoisotopic (exact) mass is 353 g/mol. The molecule has 3 rings (SSSR count). The second-order valence-corrected chi connectivity index (χ2v) is 6.51. The number of amides is 1. The van der Waals surface area contributed by atoms with Crippen LogP contribution in [0.5, 0.6) is 0 Å². The van der Waals surface area contributed by atoms with Crippen molar-refractivity contribution >= 4 is 17.7 Å². The van der Waals surface area contributed by atoms with Crippen molar-refractivity contribution in [2.45, 2.75) is 19.0 Å². The molecule has 0 fully saturated rings. The van der Waals surface area contributed by atoms with E-state index in [1.807, 2.05) is 28.8 Å². The summed E-state index contributed by atoms with van der Waals surface area (Å²) < 4.78 is 1.99. The number of nitrogens with one attached hydrogen (secondary N) is 1. The summed E-state index contributed by atoms with van der Waals surface area (Å²) in [5.74, 6) is 0.941. The Morgan fingerprint density at radius 2 is 2.04 bits per heavy atom. The molecule has 3 aromatic rings. The van der Waals surface area contributed by atoms with E-state index in [2.05, 4.69) is 40.4 Å². The number of carbonyl (C=O) groups is 1. The lowest BCUT2D eigenvalue weighted by molar-refractivity contribution is -0.118. The Morgan fingerprint density at radius 3 is 2.76 bits per heavy atom. The van der Waals surface area contributed by atoms with Gasteiger partial charge in [0.05, 0.1) is 11.4 Å². The number of nitrogens with zero attached hydrogens (tertiary/aromatic N) is 4. The highest BCUT2D eigenvalue weighted by atomic mass is 32.2. The molecule has 128 valence electrons. The van der Waals surface area contributed by atoms with E-state index in [1.54, 1.807) is 19.4 Å². The summed E-state index contributed by atoms with van der Waals surface area (Å²) in [6.45, 7) is 4.15. The van der Waals surface area contributed by atoms with Gasteiger partial charge in [0, 0.05) is 25.0 Å². The molecule has 0 aliphatic heterocycles. The predicted octanol–water partition coefficient (Wildman–Crippen LogP) is 2.78. The summed E-state index contributed by atoms with van der Waals surface area (Å²) in [7, 11) is 1.62. The summed E-state index contributed by atoms with van der Waals surface area (Å²) in [6, 6.07) is 9.94. The molecule has 2 heterocycles. The van der Waals surface area contributed by atoms with E-state index in [-0.39, 0.29) is 11.7 Å². The van der Waals surface area contributed by atoms with Crippen molar-refractivity contribution in [3.05, 3.63) is 53.9 Å². The van der Waals surface area contributed by atoms with E-state index >= 15 is 0 Å². The van der Waals surface area contributed by atoms with E-state index in [1.165, 1.54) is 17.3 Å². The SMILES string of the molecule is CNC(=O)CSc1nnc(-c2cccnc2)n1-c1cccc(C)c1C. The zero-order chi connectivity index (χ0) is 17.8. The number of benzene rings is 1. The molecule has 7 heteroatoms. The van der Waals surface area contributed by atoms with Crippen molar-refractivity contribution in [1.29, 1.82) is 0 Å². The molecular formula is C18H19N5OS. The van der Waals surface area contributed by atoms with Crippen LogP contribution in [0.1, 0.15) is 11.1 Å². The first kappa shape index (κ1) is 17.2. The summed E-state index contributed by atoms with van der Waals surface area (Å²) in [5, 5.41) is 12.0. The highest BCUT2D eigenvalue weighted by molar-refractivity contribution is 7.99. The third-order valence-electron chi connectivity index (χ3n) is 3.98. The van der Waals surface area contributed by atoms with Gasteiger partial charge >= 0.3 is 0 Å². The molecule has 25 heavy (non-hydrogen) atoms. The molecule has 6 nitrogen and oxygen atoms in total. The van der Waals surface area contributed by atoms with E-state index < -0.39 is 0 Å². The molecule has 0 atom stereocenters. The molecule has 1 N–H and O–H groups in total. The van der Waals surface area contributed by atoms with E-state index in [9.17, 15) is 4.79 Å². The normalized spacial score (nSPS) is 10.7. The first-order valence-electron chi connectivity index (χ1n) is 7.87. The molecule has 0 saturated heterocycles. The maximum absolute atomic E-state index is 11.6. The molecule has 0 spiro atoms. The number of thioether (sulfide) groups is 1. The predicted molar refractivity (Wildman–Crippen MR) is 98.9 cm³/mol. The summed E-state index contributed by atoms with van der Waals surface area (Å²) >= 11 is 1.36. The number of pyridine rings is 1. The fourth-order valence-electron chi connectivity index (χ4n) is 2.44. The third-order valence-corrected chi connectivity index (χ3v) is 4.91. The van der Waals surface area contributed by atoms with Crippen LogP contribution < -0.4 is 5.32 Å². The first-order chi connectivity index (χ1) is 12.1. The Bertz CT molecular complexity index is 892. The van der Waals surface area contributed by atoms with Gasteiger partial charge in [-0.25, -0.2) is 0 Å². The Balaban J connectivity index is 2.13. The molecule has 0 bridgehead atoms. The Morgan fingerprint density at radius 1 is 1.20 bits per heavy atom. The van der Waals surface area contributed by atoms with Gasteiger partial charge in [0.25, 0.3) is 0 Å². The lowest BCUT2D eigenvalue weighted by atomic mass is 10.1. The average molecular weight is 353 g/mol. The highest BCUT2D eigenvalue weighted by Crippen LogP contribution is 2.29. The van der Waals surface area contributed by atoms with Crippen molar-refractivity contribution < 1.29 is 4.79 Å². The maximum Gasteiger partial charge on any atom is 0.230 e. The molecule has 0 aliphatic rings. The van der Waals surface area contributed by atoms with Crippen LogP contribution in [-0.4, -0.2) is 38.5 Å². The van der Waals surface area contributed by atoms with E-state index in [4.69, 9.17) is 0 Å². The Labute approximate surface area is 150 Å². The number of aromatic nitrogens is 4. The van der Waals surface area contributed by atoms with Crippen LogP contribution in [0, 0.1) is 13.8 Å². The van der Waals surface area contributed by atoms with Crippen molar-refractivity contribution in [3.8, 4) is 17.1 Å². The molecule has 1 aromatic carbocycles. The lowest BCUT2D eigenvalue weighted by Crippen LogP contribution is -2.20. The summed E-state index contributed by atoms with van der Waals surface area (Å²) in [4.78, 5) is 15.8. The molecule has 1 amide bonds. The molecule has 2 aromatic heterocycles. The van der Waals surface area contributed by atoms with Crippen LogP contribution in [0.2, 0.25) is 0 Å². The minimum absolute atomic E-state index is 0.0524. The van der Waals surface area contributed by atoms with E-state index in [0.29, 0.717) is 11.0 Å². The topological polar surface area (TPSA) is 72.7 Å². The van der Waals surface area contributed by atoms with E-state index in [0.717, 1.165) is 16.8 Å². The van der Waals surface area contributed by atoms with Gasteiger partial charge in [-0.15, -0.1) is 10.2 Å². The van der Waals surface area contributed by atoms with Crippen molar-refractivity contribution in [1.82, 2.24) is 25.1 Å². The highest BCUT2D eigenvalue weighted by Gasteiger charge is 2.18. The van der Waals surface area contributed by atoms with Crippen molar-refractivity contribution in [3.63, 3.8) is 0 Å². The van der Waals surface area contributed by atoms with Crippen LogP contribution in [0.25, 0.3) is 17.1 Å². The maximum atomic E-state index is 11.6. The number of carbonyl (C=O) groups excluding carboxylic acids is 1. The van der Waals surface area contributed by atoms with Gasteiger partial charge in [-0.1, -0.05) is 23.9 Å². The number of rotatable bonds is 5. The number of hydrogen-bond acceptors (Lipinski definition) is 5. The van der Waals surface area contributed by atoms with Gasteiger partial charge in [-0.05, 0) is 43.2 Å². The minimum atomic E-state index is -0.0524. The fraction of sp³-hybridized carbons (Fsp3) is 0.222. The second-order valence-electron chi connectivity index (χ2n) is 5.56. The lowest BCUT2D eigenvalue weighted by Gasteiger charge is -2.14. The molecule has 0 aliphatic carbocycles. The van der Waals surface area contributed by atoms with Gasteiger partial charge in [0.1, 0.15) is 0 Å². The zero-order valence-electron chi connectivity index (χ0n) is 14.4. The summed E-state index contributed by atoms with van der Waals surface area (Å²) in [5.41, 5.74) is 4.21. The standard InChI is InChI=1S/C18H19N5OS/c1-12-6-4-8-15(13(12)2)23-17(14-7-5-9-20-10-14)21-22-18(23)25-11-16(24)19-3/h4-10H,11H2,1-3H3,(H,19,24). The first-order valence-corrected chi connectivity index (χ1v) is 8.86. The summed E-state index contributed by atoms with van der Waals surface area (Å²) in [6.07, 6.45) is 3.49. The Hall–Kier alpha value is -2.67. The van der Waals surface area contributed by atoms with Gasteiger partial charge in [-0.2, -0.15) is 0 Å². The molecule has 0 radical (unpaired) electrons. The van der Waals surface area contributed by atoms with Gasteiger partial charge in [0.15, 0.2) is 11.0 Å². The third kappa shape index (κ3) is 3.56. The van der Waals surface area contributed by atoms with Crippen LogP contribution in [0.4, 0.5) is 0 Å². The quantitative estimate of drug-likeness (QED) is 0.714. The van der Waals surface area contributed by atoms with Crippen LogP contribution >= 0.6 is 11.8 Å². The van der Waals surface area contributed by atoms with Crippen molar-refractivity contribution in [2.75, 3.05) is 12.8 Å². The van der Waals surface area contributed by atoms with Gasteiger partial charge < -0.3 is 5.32 Å². The number of hydrogen-bond donors (Lipinski definition) is 1. The minimum Gasteiger partial charge on any atom is -0.358 e. The smallest absolute Gasteiger partial charge is 0.230 e. The molecular weight excluding hydrogens is 334 g/mol. The fourth-order valence-corrected chi connectivity index (χ4v) is 3.26. The van der Waals surface area contributed by atoms with Crippen molar-refractivity contribution in [2.24, 2.45) is 0 Å². The largest absolute Gasteiger partial charge is 0.358 e. The number of aryl methyl sites for hydroxylation is 1. The molecule has 0 saturated carbocycles. The van der Waals surface area contributed by atoms with Crippen LogP contribution in [0.3, 0.4) is 0 Å². The molecule has 0 unspecified atom stereocenters. The Kier molecular flexibility index (Phi) is 5.14. The van der Waals surface area contributed by atoms with Gasteiger partial charge in [-0.3, -0.25) is 14.3 Å². The average Bonchev–Trinajstić information content (AvgIpc) is 3.06. The van der Waals surface area contributed by atoms with Crippen LogP contribution in [0.15, 0.2) is 47.9 Å². The second kappa shape index (κ2) is 7.48. The zero-order valence-corrected chi connectivity index (χ0v) is 15.2. The van der Waals surface area contributed by atoms with Gasteiger partial charge in [0.2, 0.25) is 5.91 Å².